The number of halogens is 1. The summed E-state index contributed by atoms with van der Waals surface area (Å²) < 4.78 is 13.5. The quantitative estimate of drug-likeness (QED) is 0.364. The van der Waals surface area contributed by atoms with Crippen LogP contribution in [0.4, 0.5) is 4.39 Å². The van der Waals surface area contributed by atoms with E-state index < -0.39 is 0 Å². The van der Waals surface area contributed by atoms with E-state index in [0.29, 0.717) is 6.54 Å². The van der Waals surface area contributed by atoms with Crippen molar-refractivity contribution in [1.29, 1.82) is 0 Å². The van der Waals surface area contributed by atoms with Gasteiger partial charge >= 0.3 is 0 Å². The van der Waals surface area contributed by atoms with Gasteiger partial charge in [-0.3, -0.25) is 9.59 Å². The number of benzene rings is 2. The third kappa shape index (κ3) is 5.29. The Bertz CT molecular complexity index is 1150. The smallest absolute Gasteiger partial charge is 0.247 e. The monoisotopic (exact) mass is 460 g/mol. The van der Waals surface area contributed by atoms with E-state index in [0.717, 1.165) is 23.1 Å². The van der Waals surface area contributed by atoms with Gasteiger partial charge in [-0.1, -0.05) is 48.5 Å². The SMILES string of the molecule is C=CCN(CC(=O)N1CCc2sccc2C1c1ccc(F)cc1)C(=O)C=Cc1ccccc1. The van der Waals surface area contributed by atoms with Crippen molar-refractivity contribution in [3.05, 3.63) is 112 Å². The van der Waals surface area contributed by atoms with Crippen molar-refractivity contribution in [3.8, 4) is 0 Å². The lowest BCUT2D eigenvalue weighted by Crippen LogP contribution is -2.46. The summed E-state index contributed by atoms with van der Waals surface area (Å²) in [5.74, 6) is -0.714. The Morgan fingerprint density at radius 1 is 1.12 bits per heavy atom. The minimum Gasteiger partial charge on any atom is -0.330 e. The third-order valence-corrected chi connectivity index (χ3v) is 6.67. The Morgan fingerprint density at radius 2 is 1.88 bits per heavy atom. The van der Waals surface area contributed by atoms with Crippen LogP contribution in [0.5, 0.6) is 0 Å². The molecule has 4 nitrogen and oxygen atoms in total. The van der Waals surface area contributed by atoms with Gasteiger partial charge in [0.25, 0.3) is 0 Å². The maximum atomic E-state index is 13.5. The molecule has 1 unspecified atom stereocenters. The first-order valence-corrected chi connectivity index (χ1v) is 11.7. The van der Waals surface area contributed by atoms with Crippen molar-refractivity contribution in [2.75, 3.05) is 19.6 Å². The molecule has 0 radical (unpaired) electrons. The maximum Gasteiger partial charge on any atom is 0.247 e. The number of hydrogen-bond acceptors (Lipinski definition) is 3. The van der Waals surface area contributed by atoms with Gasteiger partial charge in [-0.15, -0.1) is 17.9 Å². The summed E-state index contributed by atoms with van der Waals surface area (Å²) in [4.78, 5) is 30.8. The highest BCUT2D eigenvalue weighted by Gasteiger charge is 2.33. The number of fused-ring (bicyclic) bond motifs is 1. The van der Waals surface area contributed by atoms with Gasteiger partial charge in [0.2, 0.25) is 11.8 Å². The summed E-state index contributed by atoms with van der Waals surface area (Å²) in [5.41, 5.74) is 2.83. The number of carbonyl (C=O) groups is 2. The van der Waals surface area contributed by atoms with Gasteiger partial charge in [0.1, 0.15) is 12.4 Å². The van der Waals surface area contributed by atoms with Crippen LogP contribution in [0.15, 0.2) is 84.8 Å². The molecule has 0 aliphatic carbocycles. The van der Waals surface area contributed by atoms with E-state index >= 15 is 0 Å². The molecule has 0 saturated heterocycles. The van der Waals surface area contributed by atoms with Gasteiger partial charge in [0.05, 0.1) is 6.04 Å². The second-order valence-electron chi connectivity index (χ2n) is 7.84. The van der Waals surface area contributed by atoms with E-state index in [1.807, 2.05) is 41.8 Å². The molecule has 0 spiro atoms. The zero-order chi connectivity index (χ0) is 23.2. The topological polar surface area (TPSA) is 40.6 Å². The van der Waals surface area contributed by atoms with Crippen LogP contribution in [0.1, 0.15) is 27.6 Å². The number of thiophene rings is 1. The second kappa shape index (κ2) is 10.4. The van der Waals surface area contributed by atoms with Crippen LogP contribution in [0.3, 0.4) is 0 Å². The Balaban J connectivity index is 1.55. The summed E-state index contributed by atoms with van der Waals surface area (Å²) in [7, 11) is 0. The Kier molecular flexibility index (Phi) is 7.15. The van der Waals surface area contributed by atoms with Crippen LogP contribution >= 0.6 is 11.3 Å². The van der Waals surface area contributed by atoms with Crippen LogP contribution in [0, 0.1) is 5.82 Å². The van der Waals surface area contributed by atoms with E-state index in [1.54, 1.807) is 40.5 Å². The molecule has 4 rings (SSSR count). The molecule has 0 bridgehead atoms. The summed E-state index contributed by atoms with van der Waals surface area (Å²) in [5, 5.41) is 2.02. The van der Waals surface area contributed by atoms with Crippen LogP contribution in [0.25, 0.3) is 6.08 Å². The first kappa shape index (κ1) is 22.7. The molecule has 3 aromatic rings. The molecule has 2 heterocycles. The normalized spacial score (nSPS) is 15.3. The summed E-state index contributed by atoms with van der Waals surface area (Å²) in [6.45, 7) is 4.50. The third-order valence-electron chi connectivity index (χ3n) is 5.68. The standard InChI is InChI=1S/C27H25FN2O2S/c1-2-16-29(25(31)13-8-20-6-4-3-5-7-20)19-26(32)30-17-14-24-23(15-18-33-24)27(30)21-9-11-22(28)12-10-21/h2-13,15,18,27H,1,14,16-17,19H2. The summed E-state index contributed by atoms with van der Waals surface area (Å²) in [6, 6.07) is 17.6. The maximum absolute atomic E-state index is 13.5. The lowest BCUT2D eigenvalue weighted by Gasteiger charge is -2.37. The van der Waals surface area contributed by atoms with Crippen molar-refractivity contribution in [3.63, 3.8) is 0 Å². The van der Waals surface area contributed by atoms with Crippen LogP contribution < -0.4 is 0 Å². The Morgan fingerprint density at radius 3 is 2.61 bits per heavy atom. The second-order valence-corrected chi connectivity index (χ2v) is 8.84. The number of amides is 2. The lowest BCUT2D eigenvalue weighted by atomic mass is 9.93. The molecular formula is C27H25FN2O2S. The lowest BCUT2D eigenvalue weighted by molar-refractivity contribution is -0.139. The van der Waals surface area contributed by atoms with Crippen LogP contribution in [-0.4, -0.2) is 41.2 Å². The highest BCUT2D eigenvalue weighted by atomic mass is 32.1. The molecule has 33 heavy (non-hydrogen) atoms. The minimum atomic E-state index is -0.314. The van der Waals surface area contributed by atoms with Gasteiger partial charge in [-0.2, -0.15) is 0 Å². The summed E-state index contributed by atoms with van der Waals surface area (Å²) in [6.07, 6.45) is 5.60. The first-order valence-electron chi connectivity index (χ1n) is 10.8. The van der Waals surface area contributed by atoms with Crippen molar-refractivity contribution < 1.29 is 14.0 Å². The number of nitrogens with zero attached hydrogens (tertiary/aromatic N) is 2. The molecule has 168 valence electrons. The first-order chi connectivity index (χ1) is 16.1. The molecule has 1 atom stereocenters. The number of hydrogen-bond donors (Lipinski definition) is 0. The van der Waals surface area contributed by atoms with Gasteiger partial charge < -0.3 is 9.80 Å². The summed E-state index contributed by atoms with van der Waals surface area (Å²) >= 11 is 1.67. The van der Waals surface area contributed by atoms with Crippen LogP contribution in [0.2, 0.25) is 0 Å². The van der Waals surface area contributed by atoms with Gasteiger partial charge in [-0.05, 0) is 52.8 Å². The van der Waals surface area contributed by atoms with Gasteiger partial charge in [0, 0.05) is 24.0 Å². The highest BCUT2D eigenvalue weighted by molar-refractivity contribution is 7.10. The fraction of sp³-hybridized carbons (Fsp3) is 0.185. The molecule has 6 heteroatoms. The fourth-order valence-electron chi connectivity index (χ4n) is 4.07. The van der Waals surface area contributed by atoms with Crippen molar-refractivity contribution >= 4 is 29.2 Å². The number of carbonyl (C=O) groups excluding carboxylic acids is 2. The average molecular weight is 461 g/mol. The van der Waals surface area contributed by atoms with E-state index in [-0.39, 0.29) is 36.8 Å². The fourth-order valence-corrected chi connectivity index (χ4v) is 4.97. The van der Waals surface area contributed by atoms with E-state index in [4.69, 9.17) is 0 Å². The Labute approximate surface area is 197 Å². The van der Waals surface area contributed by atoms with Crippen LogP contribution in [-0.2, 0) is 16.0 Å². The van der Waals surface area contributed by atoms with Gasteiger partial charge in [-0.25, -0.2) is 4.39 Å². The number of rotatable bonds is 7. The van der Waals surface area contributed by atoms with Gasteiger partial charge in [0.15, 0.2) is 0 Å². The zero-order valence-corrected chi connectivity index (χ0v) is 19.0. The molecule has 2 amide bonds. The zero-order valence-electron chi connectivity index (χ0n) is 18.2. The average Bonchev–Trinajstić information content (AvgIpc) is 3.32. The Hall–Kier alpha value is -3.51. The molecule has 0 N–H and O–H groups in total. The molecule has 0 fully saturated rings. The molecule has 2 aromatic carbocycles. The predicted octanol–water partition coefficient (Wildman–Crippen LogP) is 5.09. The molecule has 1 aromatic heterocycles. The largest absolute Gasteiger partial charge is 0.330 e. The van der Waals surface area contributed by atoms with E-state index in [1.165, 1.54) is 28.0 Å². The van der Waals surface area contributed by atoms with E-state index in [2.05, 4.69) is 6.58 Å². The van der Waals surface area contributed by atoms with Crippen molar-refractivity contribution in [1.82, 2.24) is 9.80 Å². The minimum absolute atomic E-state index is 0.0544. The highest BCUT2D eigenvalue weighted by Crippen LogP contribution is 2.37. The molecule has 1 aliphatic heterocycles. The van der Waals surface area contributed by atoms with Crippen molar-refractivity contribution in [2.24, 2.45) is 0 Å². The predicted molar refractivity (Wildman–Crippen MR) is 130 cm³/mol. The molecular weight excluding hydrogens is 435 g/mol. The van der Waals surface area contributed by atoms with Crippen molar-refractivity contribution in [2.45, 2.75) is 12.5 Å². The molecule has 1 aliphatic rings. The van der Waals surface area contributed by atoms with E-state index in [9.17, 15) is 14.0 Å². The molecule has 0 saturated carbocycles.